The Kier molecular flexibility index (Phi) is 2.28. The molecule has 2 nitrogen and oxygen atoms in total. The number of aryl methyl sites for hydroxylation is 1. The van der Waals surface area contributed by atoms with E-state index in [1.807, 2.05) is 12.1 Å². The molecule has 0 heterocycles. The molecule has 1 aliphatic carbocycles. The first-order valence-corrected chi connectivity index (χ1v) is 5.04. The van der Waals surface area contributed by atoms with Gasteiger partial charge in [0.15, 0.2) is 0 Å². The summed E-state index contributed by atoms with van der Waals surface area (Å²) in [5.74, 6) is -0.521. The van der Waals surface area contributed by atoms with E-state index < -0.39 is 5.97 Å². The van der Waals surface area contributed by atoms with Gasteiger partial charge in [-0.2, -0.15) is 0 Å². The number of hydrogen-bond donors (Lipinski definition) is 1. The second-order valence-electron chi connectivity index (χ2n) is 3.84. The molecule has 1 aromatic rings. The quantitative estimate of drug-likeness (QED) is 0.794. The monoisotopic (exact) mass is 190 g/mol. The molecule has 2 atom stereocenters. The number of hydrogen-bond acceptors (Lipinski definition) is 1. The Balaban J connectivity index is 2.22. The summed E-state index contributed by atoms with van der Waals surface area (Å²) in [7, 11) is 0. The Hall–Kier alpha value is -1.31. The first-order valence-electron chi connectivity index (χ1n) is 5.04. The largest absolute Gasteiger partial charge is 0.481 e. The fraction of sp³-hybridized carbons (Fsp3) is 0.417. The Bertz CT molecular complexity index is 357. The molecule has 2 heteroatoms. The van der Waals surface area contributed by atoms with Crippen LogP contribution in [0.4, 0.5) is 0 Å². The van der Waals surface area contributed by atoms with Gasteiger partial charge in [0.05, 0.1) is 5.92 Å². The lowest BCUT2D eigenvalue weighted by molar-refractivity contribution is -0.138. The lowest BCUT2D eigenvalue weighted by Crippen LogP contribution is -2.00. The van der Waals surface area contributed by atoms with Crippen molar-refractivity contribution in [2.45, 2.75) is 25.7 Å². The minimum atomic E-state index is -0.652. The average Bonchev–Trinajstić information content (AvgIpc) is 2.97. The number of carboxylic acid groups (broad SMARTS) is 1. The number of carbonyl (C=O) groups is 1. The second kappa shape index (κ2) is 3.45. The van der Waals surface area contributed by atoms with Crippen LogP contribution in [0.15, 0.2) is 24.3 Å². The molecule has 0 aromatic heterocycles. The maximum atomic E-state index is 10.7. The third kappa shape index (κ3) is 1.52. The van der Waals surface area contributed by atoms with Crippen LogP contribution in [0.2, 0.25) is 0 Å². The SMILES string of the molecule is CCc1ccccc1[C@H]1C[C@@H]1C(=O)O. The van der Waals surface area contributed by atoms with Crippen LogP contribution in [-0.2, 0) is 11.2 Å². The summed E-state index contributed by atoms with van der Waals surface area (Å²) in [5, 5.41) is 8.85. The molecule has 0 unspecified atom stereocenters. The highest BCUT2D eigenvalue weighted by Gasteiger charge is 2.44. The van der Waals surface area contributed by atoms with E-state index in [2.05, 4.69) is 19.1 Å². The molecule has 1 N–H and O–H groups in total. The number of carboxylic acids is 1. The van der Waals surface area contributed by atoms with Gasteiger partial charge in [-0.05, 0) is 29.9 Å². The fourth-order valence-corrected chi connectivity index (χ4v) is 2.03. The Morgan fingerprint density at radius 1 is 1.50 bits per heavy atom. The van der Waals surface area contributed by atoms with Crippen LogP contribution >= 0.6 is 0 Å². The normalized spacial score (nSPS) is 24.6. The summed E-state index contributed by atoms with van der Waals surface area (Å²) >= 11 is 0. The summed E-state index contributed by atoms with van der Waals surface area (Å²) in [6, 6.07) is 8.16. The molecule has 0 amide bonds. The van der Waals surface area contributed by atoms with E-state index in [1.54, 1.807) is 0 Å². The summed E-state index contributed by atoms with van der Waals surface area (Å²) < 4.78 is 0. The van der Waals surface area contributed by atoms with Crippen LogP contribution in [-0.4, -0.2) is 11.1 Å². The van der Waals surface area contributed by atoms with Crippen molar-refractivity contribution in [2.75, 3.05) is 0 Å². The third-order valence-corrected chi connectivity index (χ3v) is 2.94. The van der Waals surface area contributed by atoms with E-state index in [0.29, 0.717) is 0 Å². The molecule has 74 valence electrons. The highest BCUT2D eigenvalue weighted by molar-refractivity contribution is 5.75. The summed E-state index contributed by atoms with van der Waals surface area (Å²) in [6.45, 7) is 2.11. The molecule has 1 saturated carbocycles. The van der Waals surface area contributed by atoms with E-state index in [-0.39, 0.29) is 11.8 Å². The van der Waals surface area contributed by atoms with Crippen LogP contribution in [0.25, 0.3) is 0 Å². The van der Waals surface area contributed by atoms with E-state index in [4.69, 9.17) is 5.11 Å². The third-order valence-electron chi connectivity index (χ3n) is 2.94. The molecule has 0 spiro atoms. The van der Waals surface area contributed by atoms with Gasteiger partial charge < -0.3 is 5.11 Å². The molecule has 0 saturated heterocycles. The average molecular weight is 190 g/mol. The van der Waals surface area contributed by atoms with Crippen molar-refractivity contribution < 1.29 is 9.90 Å². The van der Waals surface area contributed by atoms with Gasteiger partial charge >= 0.3 is 5.97 Å². The van der Waals surface area contributed by atoms with Gasteiger partial charge in [0.25, 0.3) is 0 Å². The van der Waals surface area contributed by atoms with Crippen LogP contribution < -0.4 is 0 Å². The van der Waals surface area contributed by atoms with Gasteiger partial charge in [-0.15, -0.1) is 0 Å². The fourth-order valence-electron chi connectivity index (χ4n) is 2.03. The summed E-state index contributed by atoms with van der Waals surface area (Å²) in [6.07, 6.45) is 1.80. The Labute approximate surface area is 83.6 Å². The Morgan fingerprint density at radius 2 is 2.21 bits per heavy atom. The van der Waals surface area contributed by atoms with Gasteiger partial charge in [0, 0.05) is 0 Å². The topological polar surface area (TPSA) is 37.3 Å². The molecular formula is C12H14O2. The van der Waals surface area contributed by atoms with Crippen LogP contribution in [0.3, 0.4) is 0 Å². The summed E-state index contributed by atoms with van der Waals surface area (Å²) in [4.78, 5) is 10.7. The van der Waals surface area contributed by atoms with Crippen LogP contribution in [0, 0.1) is 5.92 Å². The maximum absolute atomic E-state index is 10.7. The van der Waals surface area contributed by atoms with Crippen molar-refractivity contribution in [1.82, 2.24) is 0 Å². The van der Waals surface area contributed by atoms with Gasteiger partial charge in [-0.25, -0.2) is 0 Å². The predicted molar refractivity (Wildman–Crippen MR) is 54.3 cm³/mol. The number of rotatable bonds is 3. The second-order valence-corrected chi connectivity index (χ2v) is 3.84. The minimum absolute atomic E-state index is 0.136. The molecule has 1 fully saturated rings. The molecule has 1 aliphatic rings. The zero-order chi connectivity index (χ0) is 10.1. The van der Waals surface area contributed by atoms with Crippen molar-refractivity contribution in [3.8, 4) is 0 Å². The van der Waals surface area contributed by atoms with Crippen molar-refractivity contribution in [3.63, 3.8) is 0 Å². The van der Waals surface area contributed by atoms with Crippen molar-refractivity contribution in [1.29, 1.82) is 0 Å². The highest BCUT2D eigenvalue weighted by atomic mass is 16.4. The minimum Gasteiger partial charge on any atom is -0.481 e. The van der Waals surface area contributed by atoms with E-state index >= 15 is 0 Å². The zero-order valence-electron chi connectivity index (χ0n) is 8.23. The molecule has 0 aliphatic heterocycles. The Morgan fingerprint density at radius 3 is 2.79 bits per heavy atom. The highest BCUT2D eigenvalue weighted by Crippen LogP contribution is 2.48. The maximum Gasteiger partial charge on any atom is 0.307 e. The van der Waals surface area contributed by atoms with Crippen molar-refractivity contribution in [3.05, 3.63) is 35.4 Å². The summed E-state index contributed by atoms with van der Waals surface area (Å²) in [5.41, 5.74) is 2.53. The first-order chi connectivity index (χ1) is 6.74. The number of aliphatic carboxylic acids is 1. The molecule has 0 radical (unpaired) electrons. The van der Waals surface area contributed by atoms with E-state index in [0.717, 1.165) is 12.8 Å². The van der Waals surface area contributed by atoms with Crippen LogP contribution in [0.1, 0.15) is 30.4 Å². The molecule has 0 bridgehead atoms. The van der Waals surface area contributed by atoms with E-state index in [9.17, 15) is 4.79 Å². The standard InChI is InChI=1S/C12H14O2/c1-2-8-5-3-4-6-9(8)10-7-11(10)12(13)14/h3-6,10-11H,2,7H2,1H3,(H,13,14)/t10-,11+/m1/s1. The molecule has 1 aromatic carbocycles. The smallest absolute Gasteiger partial charge is 0.307 e. The molecule has 14 heavy (non-hydrogen) atoms. The predicted octanol–water partition coefficient (Wildman–Crippen LogP) is 2.44. The van der Waals surface area contributed by atoms with Crippen LogP contribution in [0.5, 0.6) is 0 Å². The number of benzene rings is 1. The van der Waals surface area contributed by atoms with Gasteiger partial charge in [-0.3, -0.25) is 4.79 Å². The lowest BCUT2D eigenvalue weighted by atomic mass is 10.0. The van der Waals surface area contributed by atoms with Crippen molar-refractivity contribution in [2.24, 2.45) is 5.92 Å². The zero-order valence-corrected chi connectivity index (χ0v) is 8.23. The van der Waals surface area contributed by atoms with E-state index in [1.165, 1.54) is 11.1 Å². The molecule has 2 rings (SSSR count). The molecular weight excluding hydrogens is 176 g/mol. The van der Waals surface area contributed by atoms with Crippen molar-refractivity contribution >= 4 is 5.97 Å². The van der Waals surface area contributed by atoms with Gasteiger partial charge in [0.2, 0.25) is 0 Å². The van der Waals surface area contributed by atoms with Gasteiger partial charge in [-0.1, -0.05) is 31.2 Å². The first kappa shape index (κ1) is 9.25. The lowest BCUT2D eigenvalue weighted by Gasteiger charge is -2.05. The van der Waals surface area contributed by atoms with Gasteiger partial charge in [0.1, 0.15) is 0 Å².